The lowest BCUT2D eigenvalue weighted by atomic mass is 9.88. The number of amides is 1. The second kappa shape index (κ2) is 10.3. The number of para-hydroxylation sites is 1. The van der Waals surface area contributed by atoms with E-state index >= 15 is 0 Å². The molecule has 1 atom stereocenters. The molecular weight excluding hydrogens is 512 g/mol. The van der Waals surface area contributed by atoms with Crippen LogP contribution < -0.4 is 10.2 Å². The zero-order valence-electron chi connectivity index (χ0n) is 21.0. The van der Waals surface area contributed by atoms with Gasteiger partial charge in [-0.15, -0.1) is 11.3 Å². The minimum Gasteiger partial charge on any atom is -0.510 e. The summed E-state index contributed by atoms with van der Waals surface area (Å²) in [7, 11) is 0. The first-order valence-electron chi connectivity index (χ1n) is 12.8. The van der Waals surface area contributed by atoms with Crippen LogP contribution in [0.25, 0.3) is 15.8 Å². The normalized spacial score (nSPS) is 16.9. The Morgan fingerprint density at radius 3 is 2.79 bits per heavy atom. The van der Waals surface area contributed by atoms with E-state index in [4.69, 9.17) is 10.1 Å². The van der Waals surface area contributed by atoms with Gasteiger partial charge in [-0.2, -0.15) is 0 Å². The van der Waals surface area contributed by atoms with Crippen molar-refractivity contribution in [2.24, 2.45) is 0 Å². The number of hydrogen-bond acceptors (Lipinski definition) is 7. The van der Waals surface area contributed by atoms with Gasteiger partial charge in [0.05, 0.1) is 33.9 Å². The van der Waals surface area contributed by atoms with Crippen molar-refractivity contribution in [2.45, 2.75) is 25.3 Å². The minimum atomic E-state index is -0.634. The zero-order chi connectivity index (χ0) is 26.9. The summed E-state index contributed by atoms with van der Waals surface area (Å²) in [6.07, 6.45) is 2.84. The Bertz CT molecular complexity index is 1610. The predicted molar refractivity (Wildman–Crippen MR) is 151 cm³/mol. The van der Waals surface area contributed by atoms with E-state index in [9.17, 15) is 14.7 Å². The van der Waals surface area contributed by atoms with Gasteiger partial charge in [0.1, 0.15) is 16.6 Å². The number of carbonyl (C=O) groups excluding carboxylic acids is 2. The molecule has 3 aromatic carbocycles. The maximum Gasteiger partial charge on any atom is 0.338 e. The van der Waals surface area contributed by atoms with E-state index in [-0.39, 0.29) is 42.3 Å². The number of benzene rings is 3. The Balaban J connectivity index is 1.11. The Morgan fingerprint density at radius 1 is 1.10 bits per heavy atom. The number of ether oxygens (including phenoxy) is 1. The summed E-state index contributed by atoms with van der Waals surface area (Å²) in [6.45, 7) is -0.292. The molecule has 6 rings (SSSR count). The zero-order valence-corrected chi connectivity index (χ0v) is 21.8. The van der Waals surface area contributed by atoms with Crippen molar-refractivity contribution in [2.75, 3.05) is 18.1 Å². The summed E-state index contributed by atoms with van der Waals surface area (Å²) in [6, 6.07) is 22.3. The van der Waals surface area contributed by atoms with Gasteiger partial charge in [-0.25, -0.2) is 9.78 Å². The number of anilines is 1. The highest BCUT2D eigenvalue weighted by Crippen LogP contribution is 2.35. The molecule has 0 saturated carbocycles. The van der Waals surface area contributed by atoms with E-state index in [1.165, 1.54) is 16.9 Å². The van der Waals surface area contributed by atoms with E-state index in [1.807, 2.05) is 42.5 Å². The molecule has 1 aliphatic heterocycles. The van der Waals surface area contributed by atoms with Crippen LogP contribution in [0.2, 0.25) is 0 Å². The van der Waals surface area contributed by atoms with Crippen molar-refractivity contribution in [3.05, 3.63) is 100 Å². The Hall–Kier alpha value is -4.50. The van der Waals surface area contributed by atoms with Crippen LogP contribution in [0.4, 0.5) is 5.69 Å². The van der Waals surface area contributed by atoms with Crippen LogP contribution in [-0.4, -0.2) is 41.0 Å². The standard InChI is InChI=1S/C30H26N4O4S/c31-28-27(29-33-23-12-3-4-14-25(23)39-29)24(35)16-34(28)20-10-5-9-19(15-20)30(37)38-17-26(36)32-22-13-6-8-18-7-1-2-11-21(18)22/h1-5,7,9-12,14-15,22,31,35H,6,8,13,16-17H2,(H,32,36). The SMILES string of the molecule is N=C1C(c2nc3ccccc3s2)=C(O)CN1c1cccc(C(=O)OCC(=O)NC2CCCc3ccccc32)c1. The Kier molecular flexibility index (Phi) is 6.58. The summed E-state index contributed by atoms with van der Waals surface area (Å²) in [4.78, 5) is 31.6. The number of carbonyl (C=O) groups is 2. The molecule has 2 heterocycles. The molecule has 0 fully saturated rings. The number of thiazole rings is 1. The number of rotatable bonds is 6. The molecule has 39 heavy (non-hydrogen) atoms. The first-order chi connectivity index (χ1) is 19.0. The third-order valence-electron chi connectivity index (χ3n) is 7.04. The maximum absolute atomic E-state index is 12.8. The second-order valence-electron chi connectivity index (χ2n) is 9.58. The van der Waals surface area contributed by atoms with Gasteiger partial charge in [0.15, 0.2) is 6.61 Å². The molecule has 1 aromatic heterocycles. The topological polar surface area (TPSA) is 116 Å². The molecule has 1 unspecified atom stereocenters. The molecule has 0 radical (unpaired) electrons. The van der Waals surface area contributed by atoms with Crippen LogP contribution >= 0.6 is 11.3 Å². The molecule has 0 bridgehead atoms. The van der Waals surface area contributed by atoms with Crippen molar-refractivity contribution < 1.29 is 19.4 Å². The van der Waals surface area contributed by atoms with Crippen molar-refractivity contribution in [1.82, 2.24) is 10.3 Å². The monoisotopic (exact) mass is 538 g/mol. The van der Waals surface area contributed by atoms with Crippen molar-refractivity contribution >= 4 is 50.5 Å². The fourth-order valence-electron chi connectivity index (χ4n) is 5.16. The number of aliphatic hydroxyl groups excluding tert-OH is 1. The molecule has 2 aliphatic rings. The second-order valence-corrected chi connectivity index (χ2v) is 10.6. The molecular formula is C30H26N4O4S. The van der Waals surface area contributed by atoms with E-state index < -0.39 is 5.97 Å². The highest BCUT2D eigenvalue weighted by Gasteiger charge is 2.32. The number of aryl methyl sites for hydroxylation is 1. The number of nitrogens with one attached hydrogen (secondary N) is 2. The van der Waals surface area contributed by atoms with Gasteiger partial charge in [0.2, 0.25) is 0 Å². The van der Waals surface area contributed by atoms with Crippen LogP contribution in [0.15, 0.2) is 78.6 Å². The minimum absolute atomic E-state index is 0.0491. The quantitative estimate of drug-likeness (QED) is 0.283. The van der Waals surface area contributed by atoms with Crippen LogP contribution in [0, 0.1) is 5.41 Å². The van der Waals surface area contributed by atoms with Gasteiger partial charge in [0, 0.05) is 5.69 Å². The fraction of sp³-hybridized carbons (Fsp3) is 0.200. The van der Waals surface area contributed by atoms with Crippen LogP contribution in [0.1, 0.15) is 45.4 Å². The number of esters is 1. The molecule has 196 valence electrons. The van der Waals surface area contributed by atoms with Gasteiger partial charge >= 0.3 is 5.97 Å². The first-order valence-corrected chi connectivity index (χ1v) is 13.6. The number of hydrogen-bond donors (Lipinski definition) is 3. The lowest BCUT2D eigenvalue weighted by Gasteiger charge is -2.26. The van der Waals surface area contributed by atoms with Crippen molar-refractivity contribution in [3.63, 3.8) is 0 Å². The lowest BCUT2D eigenvalue weighted by Crippen LogP contribution is -2.34. The third-order valence-corrected chi connectivity index (χ3v) is 8.10. The molecule has 1 amide bonds. The molecule has 4 aromatic rings. The fourth-order valence-corrected chi connectivity index (χ4v) is 6.19. The number of nitrogens with zero attached hydrogens (tertiary/aromatic N) is 2. The summed E-state index contributed by atoms with van der Waals surface area (Å²) in [5.41, 5.74) is 4.36. The van der Waals surface area contributed by atoms with Crippen molar-refractivity contribution in [3.8, 4) is 0 Å². The first kappa shape index (κ1) is 24.8. The van der Waals surface area contributed by atoms with E-state index in [1.54, 1.807) is 29.2 Å². The average molecular weight is 539 g/mol. The maximum atomic E-state index is 12.8. The van der Waals surface area contributed by atoms with Crippen molar-refractivity contribution in [1.29, 1.82) is 5.41 Å². The summed E-state index contributed by atoms with van der Waals surface area (Å²) < 4.78 is 6.29. The summed E-state index contributed by atoms with van der Waals surface area (Å²) in [5.74, 6) is -0.834. The molecule has 0 saturated heterocycles. The molecule has 9 heteroatoms. The van der Waals surface area contributed by atoms with Gasteiger partial charge in [-0.05, 0) is 60.7 Å². The van der Waals surface area contributed by atoms with Crippen LogP contribution in [-0.2, 0) is 16.0 Å². The molecule has 8 nitrogen and oxygen atoms in total. The smallest absolute Gasteiger partial charge is 0.338 e. The van der Waals surface area contributed by atoms with Gasteiger partial charge in [0.25, 0.3) is 5.91 Å². The van der Waals surface area contributed by atoms with E-state index in [2.05, 4.69) is 16.4 Å². The van der Waals surface area contributed by atoms with E-state index in [0.717, 1.165) is 35.0 Å². The number of aromatic nitrogens is 1. The Labute approximate surface area is 229 Å². The Morgan fingerprint density at radius 2 is 1.92 bits per heavy atom. The van der Waals surface area contributed by atoms with E-state index in [0.29, 0.717) is 16.3 Å². The third kappa shape index (κ3) is 4.88. The molecule has 0 spiro atoms. The summed E-state index contributed by atoms with van der Waals surface area (Å²) in [5, 5.41) is 23.0. The van der Waals surface area contributed by atoms with Crippen LogP contribution in [0.5, 0.6) is 0 Å². The van der Waals surface area contributed by atoms with Gasteiger partial charge in [-0.1, -0.05) is 42.5 Å². The lowest BCUT2D eigenvalue weighted by molar-refractivity contribution is -0.125. The van der Waals surface area contributed by atoms with Crippen LogP contribution in [0.3, 0.4) is 0 Å². The highest BCUT2D eigenvalue weighted by atomic mass is 32.1. The number of fused-ring (bicyclic) bond motifs is 2. The molecule has 1 aliphatic carbocycles. The number of amidine groups is 1. The molecule has 3 N–H and O–H groups in total. The average Bonchev–Trinajstić information content (AvgIpc) is 3.51. The van der Waals surface area contributed by atoms with Gasteiger partial charge < -0.3 is 20.1 Å². The number of aliphatic hydroxyl groups is 1. The van der Waals surface area contributed by atoms with Gasteiger partial charge in [-0.3, -0.25) is 10.2 Å². The summed E-state index contributed by atoms with van der Waals surface area (Å²) >= 11 is 1.42. The predicted octanol–water partition coefficient (Wildman–Crippen LogP) is 5.41. The highest BCUT2D eigenvalue weighted by molar-refractivity contribution is 7.19. The largest absolute Gasteiger partial charge is 0.510 e.